The minimum Gasteiger partial charge on any atom is -0.507 e. The maximum absolute atomic E-state index is 12.1. The number of fused-ring (bicyclic) bond motifs is 1. The van der Waals surface area contributed by atoms with Crippen molar-refractivity contribution >= 4 is 11.0 Å². The van der Waals surface area contributed by atoms with Crippen molar-refractivity contribution in [3.05, 3.63) is 33.7 Å². The Morgan fingerprint density at radius 3 is 2.52 bits per heavy atom. The first-order valence-corrected chi connectivity index (χ1v) is 8.37. The molecule has 0 radical (unpaired) electrons. The topological polar surface area (TPSA) is 139 Å². The fraction of sp³-hybridized carbons (Fsp3) is 0.500. The van der Waals surface area contributed by atoms with Crippen LogP contribution in [0.3, 0.4) is 0 Å². The summed E-state index contributed by atoms with van der Waals surface area (Å²) in [5.74, 6) is -0.169. The molecule has 27 heavy (non-hydrogen) atoms. The lowest BCUT2D eigenvalue weighted by atomic mass is 9.98. The summed E-state index contributed by atoms with van der Waals surface area (Å²) in [6, 6.07) is 1.20. The van der Waals surface area contributed by atoms with Crippen LogP contribution in [0.25, 0.3) is 11.0 Å². The van der Waals surface area contributed by atoms with Gasteiger partial charge in [0.1, 0.15) is 46.9 Å². The fourth-order valence-corrected chi connectivity index (χ4v) is 3.33. The monoisotopic (exact) mass is 382 g/mol. The SMILES string of the molecule is COC1C(CO)OC(Oc2c(C)c(O)c3c(=O)ccoc3c2C)C(O)C1O. The highest BCUT2D eigenvalue weighted by atomic mass is 16.7. The van der Waals surface area contributed by atoms with Crippen molar-refractivity contribution in [3.63, 3.8) is 0 Å². The van der Waals surface area contributed by atoms with E-state index in [-0.39, 0.29) is 28.0 Å². The van der Waals surface area contributed by atoms with E-state index in [1.807, 2.05) is 0 Å². The molecule has 1 aliphatic rings. The van der Waals surface area contributed by atoms with Gasteiger partial charge in [-0.05, 0) is 13.8 Å². The van der Waals surface area contributed by atoms with Crippen LogP contribution in [0.4, 0.5) is 0 Å². The number of aryl methyl sites for hydroxylation is 1. The maximum atomic E-state index is 12.1. The molecule has 2 aromatic rings. The Hall–Kier alpha value is -2.17. The number of ether oxygens (including phenoxy) is 3. The highest BCUT2D eigenvalue weighted by molar-refractivity contribution is 5.89. The van der Waals surface area contributed by atoms with Crippen molar-refractivity contribution in [3.8, 4) is 11.5 Å². The Labute approximate surface area is 154 Å². The summed E-state index contributed by atoms with van der Waals surface area (Å²) in [6.45, 7) is 2.70. The number of methoxy groups -OCH3 is 1. The number of phenols is 1. The van der Waals surface area contributed by atoms with Crippen LogP contribution < -0.4 is 10.2 Å². The van der Waals surface area contributed by atoms with Crippen molar-refractivity contribution in [1.29, 1.82) is 0 Å². The van der Waals surface area contributed by atoms with Crippen molar-refractivity contribution in [2.45, 2.75) is 44.6 Å². The molecule has 1 aliphatic heterocycles. The van der Waals surface area contributed by atoms with Gasteiger partial charge in [0.2, 0.25) is 6.29 Å². The molecule has 4 N–H and O–H groups in total. The summed E-state index contributed by atoms with van der Waals surface area (Å²) in [7, 11) is 1.32. The third-order valence-electron chi connectivity index (χ3n) is 4.82. The van der Waals surface area contributed by atoms with Crippen LogP contribution in [-0.4, -0.2) is 64.8 Å². The molecule has 9 nitrogen and oxygen atoms in total. The second kappa shape index (κ2) is 7.45. The van der Waals surface area contributed by atoms with Crippen LogP contribution in [0.2, 0.25) is 0 Å². The summed E-state index contributed by atoms with van der Waals surface area (Å²) in [6.07, 6.45) is -4.83. The van der Waals surface area contributed by atoms with E-state index >= 15 is 0 Å². The lowest BCUT2D eigenvalue weighted by molar-refractivity contribution is -0.282. The number of rotatable bonds is 4. The molecule has 0 aliphatic carbocycles. The van der Waals surface area contributed by atoms with E-state index < -0.39 is 42.7 Å². The van der Waals surface area contributed by atoms with Gasteiger partial charge < -0.3 is 39.1 Å². The molecule has 5 atom stereocenters. The highest BCUT2D eigenvalue weighted by Crippen LogP contribution is 2.39. The Kier molecular flexibility index (Phi) is 5.41. The van der Waals surface area contributed by atoms with Crippen molar-refractivity contribution in [2.75, 3.05) is 13.7 Å². The van der Waals surface area contributed by atoms with Gasteiger partial charge in [0, 0.05) is 24.3 Å². The molecule has 9 heteroatoms. The van der Waals surface area contributed by atoms with Crippen molar-refractivity contribution in [1.82, 2.24) is 0 Å². The molecule has 0 amide bonds. The number of hydrogen-bond acceptors (Lipinski definition) is 9. The van der Waals surface area contributed by atoms with Gasteiger partial charge in [0.15, 0.2) is 5.43 Å². The fourth-order valence-electron chi connectivity index (χ4n) is 3.33. The Morgan fingerprint density at radius 1 is 1.19 bits per heavy atom. The predicted octanol–water partition coefficient (Wildman–Crippen LogP) is -0.0518. The molecule has 0 saturated carbocycles. The molecule has 0 bridgehead atoms. The van der Waals surface area contributed by atoms with Gasteiger partial charge in [-0.1, -0.05) is 0 Å². The zero-order valence-electron chi connectivity index (χ0n) is 15.1. The molecular formula is C18H22O9. The largest absolute Gasteiger partial charge is 0.507 e. The Balaban J connectivity index is 2.03. The minimum absolute atomic E-state index is 0.0256. The molecule has 0 spiro atoms. The number of aliphatic hydroxyl groups is 3. The van der Waals surface area contributed by atoms with Crippen LogP contribution in [0.5, 0.6) is 11.5 Å². The second-order valence-corrected chi connectivity index (χ2v) is 6.44. The Morgan fingerprint density at radius 2 is 1.89 bits per heavy atom. The Bertz CT molecular complexity index is 889. The normalized spacial score (nSPS) is 28.4. The van der Waals surface area contributed by atoms with E-state index in [0.29, 0.717) is 5.56 Å². The average molecular weight is 382 g/mol. The van der Waals surface area contributed by atoms with E-state index in [4.69, 9.17) is 18.6 Å². The lowest BCUT2D eigenvalue weighted by Gasteiger charge is -2.41. The summed E-state index contributed by atoms with van der Waals surface area (Å²) in [5.41, 5.74) is 0.398. The zero-order chi connectivity index (χ0) is 19.9. The smallest absolute Gasteiger partial charge is 0.229 e. The van der Waals surface area contributed by atoms with E-state index in [0.717, 1.165) is 0 Å². The van der Waals surface area contributed by atoms with E-state index in [1.165, 1.54) is 26.4 Å². The summed E-state index contributed by atoms with van der Waals surface area (Å²) in [4.78, 5) is 12.1. The number of phenolic OH excluding ortho intramolecular Hbond substituents is 1. The molecule has 3 rings (SSSR count). The van der Waals surface area contributed by atoms with Gasteiger partial charge in [-0.15, -0.1) is 0 Å². The van der Waals surface area contributed by atoms with Gasteiger partial charge in [-0.25, -0.2) is 0 Å². The zero-order valence-corrected chi connectivity index (χ0v) is 15.1. The van der Waals surface area contributed by atoms with Crippen molar-refractivity contribution < 1.29 is 39.1 Å². The average Bonchev–Trinajstić information content (AvgIpc) is 2.66. The number of aliphatic hydroxyl groups excluding tert-OH is 3. The standard InChI is InChI=1S/C18H22O9/c1-7-12(21)11-9(20)4-5-25-16(11)8(2)15(7)27-18-14(23)13(22)17(24-3)10(6-19)26-18/h4-5,10,13-14,17-19,21-23H,6H2,1-3H3. The van der Waals surface area contributed by atoms with Crippen LogP contribution in [0, 0.1) is 13.8 Å². The molecule has 2 heterocycles. The van der Waals surface area contributed by atoms with Gasteiger partial charge >= 0.3 is 0 Å². The molecule has 1 fully saturated rings. The number of aromatic hydroxyl groups is 1. The van der Waals surface area contributed by atoms with Crippen LogP contribution in [0.15, 0.2) is 21.5 Å². The number of hydrogen-bond donors (Lipinski definition) is 4. The van der Waals surface area contributed by atoms with Crippen LogP contribution >= 0.6 is 0 Å². The minimum atomic E-state index is -1.47. The van der Waals surface area contributed by atoms with Gasteiger partial charge in [-0.2, -0.15) is 0 Å². The van der Waals surface area contributed by atoms with Crippen LogP contribution in [0.1, 0.15) is 11.1 Å². The maximum Gasteiger partial charge on any atom is 0.229 e. The molecule has 1 saturated heterocycles. The third kappa shape index (κ3) is 3.17. The molecular weight excluding hydrogens is 360 g/mol. The van der Waals surface area contributed by atoms with Crippen molar-refractivity contribution in [2.24, 2.45) is 0 Å². The summed E-state index contributed by atoms with van der Waals surface area (Å²) in [5, 5.41) is 40.5. The highest BCUT2D eigenvalue weighted by Gasteiger charge is 2.46. The first-order valence-electron chi connectivity index (χ1n) is 8.37. The predicted molar refractivity (Wildman–Crippen MR) is 92.8 cm³/mol. The van der Waals surface area contributed by atoms with Gasteiger partial charge in [-0.3, -0.25) is 4.79 Å². The van der Waals surface area contributed by atoms with Crippen LogP contribution in [-0.2, 0) is 9.47 Å². The van der Waals surface area contributed by atoms with Gasteiger partial charge in [0.05, 0.1) is 12.9 Å². The third-order valence-corrected chi connectivity index (χ3v) is 4.82. The van der Waals surface area contributed by atoms with E-state index in [1.54, 1.807) is 6.92 Å². The lowest BCUT2D eigenvalue weighted by Crippen LogP contribution is -2.60. The molecule has 148 valence electrons. The molecule has 5 unspecified atom stereocenters. The molecule has 1 aromatic heterocycles. The van der Waals surface area contributed by atoms with E-state index in [9.17, 15) is 25.2 Å². The quantitative estimate of drug-likeness (QED) is 0.573. The first-order chi connectivity index (χ1) is 12.8. The summed E-state index contributed by atoms with van der Waals surface area (Å²) < 4.78 is 21.7. The first kappa shape index (κ1) is 19.6. The van der Waals surface area contributed by atoms with Gasteiger partial charge in [0.25, 0.3) is 0 Å². The summed E-state index contributed by atoms with van der Waals surface area (Å²) >= 11 is 0. The molecule has 1 aromatic carbocycles. The van der Waals surface area contributed by atoms with E-state index in [2.05, 4.69) is 0 Å². The second-order valence-electron chi connectivity index (χ2n) is 6.44. The number of benzene rings is 1.